The highest BCUT2D eigenvalue weighted by molar-refractivity contribution is 7.13. The molecule has 0 aliphatic carbocycles. The van der Waals surface area contributed by atoms with E-state index in [-0.39, 0.29) is 6.61 Å². The first-order valence-electron chi connectivity index (χ1n) is 7.79. The van der Waals surface area contributed by atoms with Crippen LogP contribution in [0.25, 0.3) is 0 Å². The summed E-state index contributed by atoms with van der Waals surface area (Å²) in [6.07, 6.45) is 1.45. The van der Waals surface area contributed by atoms with Crippen molar-refractivity contribution in [1.82, 2.24) is 9.97 Å². The van der Waals surface area contributed by atoms with Crippen LogP contribution in [0.15, 0.2) is 23.7 Å². The lowest BCUT2D eigenvalue weighted by Gasteiger charge is -2.27. The average Bonchev–Trinajstić information content (AvgIpc) is 3.05. The van der Waals surface area contributed by atoms with Crippen LogP contribution >= 0.6 is 11.3 Å². The molecule has 0 unspecified atom stereocenters. The maximum atomic E-state index is 12.0. The number of morpholine rings is 1. The monoisotopic (exact) mass is 362 g/mol. The summed E-state index contributed by atoms with van der Waals surface area (Å²) in [5.74, 6) is -0.233. The minimum Gasteiger partial charge on any atom is -0.452 e. The second kappa shape index (κ2) is 8.04. The summed E-state index contributed by atoms with van der Waals surface area (Å²) < 4.78 is 10.3. The quantitative estimate of drug-likeness (QED) is 0.805. The van der Waals surface area contributed by atoms with E-state index in [0.29, 0.717) is 23.9 Å². The summed E-state index contributed by atoms with van der Waals surface area (Å²) in [4.78, 5) is 34.2. The molecule has 2 aromatic rings. The van der Waals surface area contributed by atoms with E-state index in [9.17, 15) is 9.59 Å². The third-order valence-electron chi connectivity index (χ3n) is 3.52. The second-order valence-electron chi connectivity index (χ2n) is 5.42. The van der Waals surface area contributed by atoms with Crippen molar-refractivity contribution < 1.29 is 19.1 Å². The molecule has 0 aromatic carbocycles. The van der Waals surface area contributed by atoms with E-state index in [0.717, 1.165) is 24.6 Å². The van der Waals surface area contributed by atoms with Crippen LogP contribution in [0.3, 0.4) is 0 Å². The molecule has 0 bridgehead atoms. The summed E-state index contributed by atoms with van der Waals surface area (Å²) in [7, 11) is 0. The van der Waals surface area contributed by atoms with Crippen molar-refractivity contribution in [2.75, 3.05) is 43.1 Å². The highest BCUT2D eigenvalue weighted by atomic mass is 32.1. The van der Waals surface area contributed by atoms with Gasteiger partial charge in [0.05, 0.1) is 24.5 Å². The van der Waals surface area contributed by atoms with Crippen LogP contribution in [-0.2, 0) is 14.3 Å². The predicted octanol–water partition coefficient (Wildman–Crippen LogP) is 1.48. The first kappa shape index (κ1) is 17.3. The molecule has 3 rings (SSSR count). The van der Waals surface area contributed by atoms with Crippen LogP contribution < -0.4 is 10.2 Å². The third kappa shape index (κ3) is 4.74. The van der Waals surface area contributed by atoms with Gasteiger partial charge in [0, 0.05) is 24.7 Å². The van der Waals surface area contributed by atoms with E-state index in [4.69, 9.17) is 9.47 Å². The zero-order valence-corrected chi connectivity index (χ0v) is 14.5. The number of anilines is 2. The number of nitrogens with zero attached hydrogens (tertiary/aromatic N) is 3. The van der Waals surface area contributed by atoms with Gasteiger partial charge in [-0.2, -0.15) is 0 Å². The minimum absolute atomic E-state index is 0.301. The molecule has 0 atom stereocenters. The predicted molar refractivity (Wildman–Crippen MR) is 93.0 cm³/mol. The Hall–Kier alpha value is -2.52. The highest BCUT2D eigenvalue weighted by Gasteiger charge is 2.15. The Kier molecular flexibility index (Phi) is 5.56. The van der Waals surface area contributed by atoms with Crippen molar-refractivity contribution in [3.63, 3.8) is 0 Å². The average molecular weight is 362 g/mol. The summed E-state index contributed by atoms with van der Waals surface area (Å²) in [6.45, 7) is 4.33. The Morgan fingerprint density at radius 2 is 2.16 bits per heavy atom. The number of aryl methyl sites for hydroxylation is 1. The molecular formula is C16H18N4O4S. The van der Waals surface area contributed by atoms with Crippen molar-refractivity contribution in [2.24, 2.45) is 0 Å². The second-order valence-corrected chi connectivity index (χ2v) is 6.28. The standard InChI is InChI=1S/C16H18N4O4S/c1-11-10-25-16(18-11)19-14(21)9-24-15(22)12-2-3-13(17-8-12)20-4-6-23-7-5-20/h2-3,8,10H,4-7,9H2,1H3,(H,18,19,21). The van der Waals surface area contributed by atoms with E-state index in [1.165, 1.54) is 17.5 Å². The van der Waals surface area contributed by atoms with Crippen molar-refractivity contribution >= 4 is 34.2 Å². The molecule has 1 N–H and O–H groups in total. The van der Waals surface area contributed by atoms with Gasteiger partial charge in [-0.05, 0) is 19.1 Å². The number of pyridine rings is 1. The minimum atomic E-state index is -0.591. The molecule has 1 fully saturated rings. The Balaban J connectivity index is 1.49. The fraction of sp³-hybridized carbons (Fsp3) is 0.375. The van der Waals surface area contributed by atoms with Crippen LogP contribution in [0.2, 0.25) is 0 Å². The van der Waals surface area contributed by atoms with Crippen LogP contribution in [0, 0.1) is 6.92 Å². The van der Waals surface area contributed by atoms with E-state index < -0.39 is 11.9 Å². The number of aromatic nitrogens is 2. The van der Waals surface area contributed by atoms with Gasteiger partial charge in [-0.15, -0.1) is 11.3 Å². The fourth-order valence-corrected chi connectivity index (χ4v) is 2.97. The van der Waals surface area contributed by atoms with Crippen molar-refractivity contribution in [1.29, 1.82) is 0 Å². The largest absolute Gasteiger partial charge is 0.452 e. The smallest absolute Gasteiger partial charge is 0.340 e. The first-order valence-corrected chi connectivity index (χ1v) is 8.67. The van der Waals surface area contributed by atoms with Gasteiger partial charge in [-0.3, -0.25) is 10.1 Å². The summed E-state index contributed by atoms with van der Waals surface area (Å²) >= 11 is 1.32. The molecule has 9 heteroatoms. The lowest BCUT2D eigenvalue weighted by atomic mass is 10.2. The molecule has 1 aliphatic heterocycles. The summed E-state index contributed by atoms with van der Waals surface area (Å²) in [5, 5.41) is 4.88. The number of rotatable bonds is 5. The number of thiazole rings is 1. The molecule has 25 heavy (non-hydrogen) atoms. The van der Waals surface area contributed by atoms with Gasteiger partial charge in [0.25, 0.3) is 5.91 Å². The Morgan fingerprint density at radius 3 is 2.80 bits per heavy atom. The molecule has 3 heterocycles. The zero-order valence-electron chi connectivity index (χ0n) is 13.7. The van der Waals surface area contributed by atoms with Gasteiger partial charge in [0.15, 0.2) is 11.7 Å². The lowest BCUT2D eigenvalue weighted by Crippen LogP contribution is -2.36. The number of amides is 1. The Morgan fingerprint density at radius 1 is 1.36 bits per heavy atom. The first-order chi connectivity index (χ1) is 12.1. The van der Waals surface area contributed by atoms with E-state index in [2.05, 4.69) is 20.2 Å². The van der Waals surface area contributed by atoms with Crippen LogP contribution in [0.4, 0.5) is 10.9 Å². The van der Waals surface area contributed by atoms with Crippen LogP contribution in [0.1, 0.15) is 16.1 Å². The van der Waals surface area contributed by atoms with E-state index >= 15 is 0 Å². The lowest BCUT2D eigenvalue weighted by molar-refractivity contribution is -0.119. The fourth-order valence-electron chi connectivity index (χ4n) is 2.27. The summed E-state index contributed by atoms with van der Waals surface area (Å²) in [5.41, 5.74) is 1.12. The topological polar surface area (TPSA) is 93.7 Å². The maximum Gasteiger partial charge on any atom is 0.340 e. The number of carbonyl (C=O) groups is 2. The molecule has 0 spiro atoms. The molecular weight excluding hydrogens is 344 g/mol. The van der Waals surface area contributed by atoms with Gasteiger partial charge in [0.2, 0.25) is 0 Å². The van der Waals surface area contributed by atoms with Crippen molar-refractivity contribution in [2.45, 2.75) is 6.92 Å². The number of esters is 1. The van der Waals surface area contributed by atoms with Gasteiger partial charge in [0.1, 0.15) is 5.82 Å². The Bertz CT molecular complexity index is 741. The van der Waals surface area contributed by atoms with Crippen LogP contribution in [-0.4, -0.2) is 54.8 Å². The molecule has 1 saturated heterocycles. The molecule has 1 amide bonds. The number of hydrogen-bond donors (Lipinski definition) is 1. The third-order valence-corrected chi connectivity index (χ3v) is 4.39. The Labute approximate surface area is 148 Å². The van der Waals surface area contributed by atoms with E-state index in [1.807, 2.05) is 12.3 Å². The van der Waals surface area contributed by atoms with Crippen molar-refractivity contribution in [3.05, 3.63) is 35.0 Å². The van der Waals surface area contributed by atoms with Gasteiger partial charge in [-0.25, -0.2) is 14.8 Å². The van der Waals surface area contributed by atoms with Gasteiger partial charge in [-0.1, -0.05) is 0 Å². The molecule has 132 valence electrons. The number of nitrogens with one attached hydrogen (secondary N) is 1. The van der Waals surface area contributed by atoms with Gasteiger partial charge < -0.3 is 14.4 Å². The van der Waals surface area contributed by atoms with Crippen LogP contribution in [0.5, 0.6) is 0 Å². The molecule has 0 saturated carbocycles. The van der Waals surface area contributed by atoms with Gasteiger partial charge >= 0.3 is 5.97 Å². The molecule has 0 radical (unpaired) electrons. The van der Waals surface area contributed by atoms with E-state index in [1.54, 1.807) is 12.1 Å². The normalized spacial score (nSPS) is 14.2. The number of ether oxygens (including phenoxy) is 2. The molecule has 1 aliphatic rings. The number of carbonyl (C=O) groups excluding carboxylic acids is 2. The number of hydrogen-bond acceptors (Lipinski definition) is 8. The van der Waals surface area contributed by atoms with Crippen molar-refractivity contribution in [3.8, 4) is 0 Å². The zero-order chi connectivity index (χ0) is 17.6. The molecule has 8 nitrogen and oxygen atoms in total. The highest BCUT2D eigenvalue weighted by Crippen LogP contribution is 2.15. The maximum absolute atomic E-state index is 12.0. The molecule has 2 aromatic heterocycles. The SMILES string of the molecule is Cc1csc(NC(=O)COC(=O)c2ccc(N3CCOCC3)nc2)n1. The summed E-state index contributed by atoms with van der Waals surface area (Å²) in [6, 6.07) is 3.41.